The number of esters is 1. The Labute approximate surface area is 133 Å². The van der Waals surface area contributed by atoms with Crippen LogP contribution in [0.2, 0.25) is 0 Å². The monoisotopic (exact) mass is 324 g/mol. The van der Waals surface area contributed by atoms with Crippen LogP contribution in [0.4, 0.5) is 5.00 Å². The second kappa shape index (κ2) is 7.80. The second-order valence-electron chi connectivity index (χ2n) is 5.00. The van der Waals surface area contributed by atoms with Gasteiger partial charge in [0.15, 0.2) is 0 Å². The van der Waals surface area contributed by atoms with E-state index >= 15 is 0 Å². The molecular formula is C15H20N2O4S. The first-order chi connectivity index (χ1) is 10.3. The minimum Gasteiger partial charge on any atom is -0.481 e. The first kappa shape index (κ1) is 18.0. The lowest BCUT2D eigenvalue weighted by atomic mass is 10.1. The molecule has 0 saturated carbocycles. The lowest BCUT2D eigenvalue weighted by Gasteiger charge is -2.27. The van der Waals surface area contributed by atoms with Crippen molar-refractivity contribution in [3.05, 3.63) is 16.0 Å². The van der Waals surface area contributed by atoms with Gasteiger partial charge in [-0.1, -0.05) is 0 Å². The number of carbonyl (C=O) groups excluding carboxylic acids is 1. The molecule has 0 aromatic carbocycles. The summed E-state index contributed by atoms with van der Waals surface area (Å²) in [6.07, 6.45) is -0.0330. The summed E-state index contributed by atoms with van der Waals surface area (Å²) in [4.78, 5) is 25.0. The van der Waals surface area contributed by atoms with Gasteiger partial charge in [-0.05, 0) is 33.3 Å². The van der Waals surface area contributed by atoms with Crippen LogP contribution in [0.1, 0.15) is 48.0 Å². The molecule has 0 bridgehead atoms. The van der Waals surface area contributed by atoms with Gasteiger partial charge in [-0.3, -0.25) is 4.79 Å². The summed E-state index contributed by atoms with van der Waals surface area (Å²) in [7, 11) is 0. The van der Waals surface area contributed by atoms with Crippen molar-refractivity contribution in [2.75, 3.05) is 18.1 Å². The molecule has 1 aromatic heterocycles. The Balaban J connectivity index is 3.25. The van der Waals surface area contributed by atoms with Crippen LogP contribution >= 0.6 is 11.3 Å². The number of rotatable bonds is 7. The predicted molar refractivity (Wildman–Crippen MR) is 84.5 cm³/mol. The Kier molecular flexibility index (Phi) is 6.38. The summed E-state index contributed by atoms with van der Waals surface area (Å²) >= 11 is 1.18. The average molecular weight is 324 g/mol. The van der Waals surface area contributed by atoms with Crippen molar-refractivity contribution < 1.29 is 19.4 Å². The summed E-state index contributed by atoms with van der Waals surface area (Å²) < 4.78 is 5.01. The number of carbonyl (C=O) groups is 2. The highest BCUT2D eigenvalue weighted by Crippen LogP contribution is 2.37. The number of carboxylic acids is 1. The van der Waals surface area contributed by atoms with E-state index in [0.717, 1.165) is 0 Å². The Morgan fingerprint density at radius 3 is 2.55 bits per heavy atom. The van der Waals surface area contributed by atoms with Crippen molar-refractivity contribution >= 4 is 28.3 Å². The van der Waals surface area contributed by atoms with Crippen molar-refractivity contribution in [2.45, 2.75) is 40.2 Å². The number of hydrogen-bond acceptors (Lipinski definition) is 6. The standard InChI is InChI=1S/C15H20N2O4S/c1-5-21-15(20)13-10(4)11(8-16)14(22-13)17(9(2)3)7-6-12(18)19/h9H,5-7H2,1-4H3,(H,18,19). The maximum absolute atomic E-state index is 12.0. The van der Waals surface area contributed by atoms with E-state index < -0.39 is 11.9 Å². The minimum absolute atomic E-state index is 0.0135. The van der Waals surface area contributed by atoms with Crippen LogP contribution in [0.25, 0.3) is 0 Å². The Morgan fingerprint density at radius 1 is 1.45 bits per heavy atom. The molecule has 0 unspecified atom stereocenters. The first-order valence-electron chi connectivity index (χ1n) is 7.02. The van der Waals surface area contributed by atoms with Crippen LogP contribution in [-0.4, -0.2) is 36.2 Å². The molecule has 0 fully saturated rings. The molecule has 120 valence electrons. The zero-order valence-corrected chi connectivity index (χ0v) is 14.0. The van der Waals surface area contributed by atoms with Crippen molar-refractivity contribution in [1.82, 2.24) is 0 Å². The van der Waals surface area contributed by atoms with E-state index in [4.69, 9.17) is 9.84 Å². The highest BCUT2D eigenvalue weighted by molar-refractivity contribution is 7.18. The van der Waals surface area contributed by atoms with Crippen LogP contribution in [0.3, 0.4) is 0 Å². The number of nitrogens with zero attached hydrogens (tertiary/aromatic N) is 2. The molecule has 0 radical (unpaired) electrons. The van der Waals surface area contributed by atoms with Gasteiger partial charge in [0.05, 0.1) is 18.6 Å². The highest BCUT2D eigenvalue weighted by Gasteiger charge is 2.25. The fourth-order valence-electron chi connectivity index (χ4n) is 2.03. The zero-order valence-electron chi connectivity index (χ0n) is 13.2. The van der Waals surface area contributed by atoms with Gasteiger partial charge < -0.3 is 14.7 Å². The fourth-order valence-corrected chi connectivity index (χ4v) is 3.34. The Bertz CT molecular complexity index is 601. The van der Waals surface area contributed by atoms with Gasteiger partial charge in [-0.25, -0.2) is 4.79 Å². The first-order valence-corrected chi connectivity index (χ1v) is 7.84. The predicted octanol–water partition coefficient (Wildman–Crippen LogP) is 2.79. The van der Waals surface area contributed by atoms with E-state index in [0.29, 0.717) is 21.0 Å². The molecule has 0 saturated heterocycles. The average Bonchev–Trinajstić information content (AvgIpc) is 2.75. The summed E-state index contributed by atoms with van der Waals surface area (Å²) in [6, 6.07) is 2.13. The van der Waals surface area contributed by atoms with Gasteiger partial charge in [0.1, 0.15) is 15.9 Å². The van der Waals surface area contributed by atoms with Gasteiger partial charge in [-0.2, -0.15) is 5.26 Å². The lowest BCUT2D eigenvalue weighted by Crippen LogP contribution is -2.32. The molecule has 1 N–H and O–H groups in total. The van der Waals surface area contributed by atoms with E-state index in [1.807, 2.05) is 18.7 Å². The Hall–Kier alpha value is -2.07. The molecule has 0 atom stereocenters. The number of nitriles is 1. The third-order valence-electron chi connectivity index (χ3n) is 3.15. The van der Waals surface area contributed by atoms with Crippen LogP contribution < -0.4 is 4.90 Å². The normalized spacial score (nSPS) is 10.4. The van der Waals surface area contributed by atoms with Gasteiger partial charge in [0.2, 0.25) is 0 Å². The quantitative estimate of drug-likeness (QED) is 0.776. The SMILES string of the molecule is CCOC(=O)c1sc(N(CCC(=O)O)C(C)C)c(C#N)c1C. The number of hydrogen-bond donors (Lipinski definition) is 1. The summed E-state index contributed by atoms with van der Waals surface area (Å²) in [5.74, 6) is -1.35. The van der Waals surface area contributed by atoms with Gasteiger partial charge in [0.25, 0.3) is 0 Å². The summed E-state index contributed by atoms with van der Waals surface area (Å²) in [6.45, 7) is 7.81. The molecule has 7 heteroatoms. The van der Waals surface area contributed by atoms with E-state index in [1.165, 1.54) is 11.3 Å². The number of ether oxygens (including phenoxy) is 1. The molecule has 1 rings (SSSR count). The Morgan fingerprint density at radius 2 is 2.09 bits per heavy atom. The maximum Gasteiger partial charge on any atom is 0.348 e. The topological polar surface area (TPSA) is 90.6 Å². The van der Waals surface area contributed by atoms with E-state index in [2.05, 4.69) is 6.07 Å². The molecule has 0 aliphatic rings. The van der Waals surface area contributed by atoms with E-state index in [-0.39, 0.29) is 25.6 Å². The van der Waals surface area contributed by atoms with Gasteiger partial charge in [0, 0.05) is 12.6 Å². The van der Waals surface area contributed by atoms with E-state index in [1.54, 1.807) is 13.8 Å². The molecular weight excluding hydrogens is 304 g/mol. The van der Waals surface area contributed by atoms with Crippen molar-refractivity contribution in [3.8, 4) is 6.07 Å². The molecule has 6 nitrogen and oxygen atoms in total. The second-order valence-corrected chi connectivity index (χ2v) is 6.00. The van der Waals surface area contributed by atoms with Crippen LogP contribution in [0.5, 0.6) is 0 Å². The van der Waals surface area contributed by atoms with Crippen LogP contribution in [0.15, 0.2) is 0 Å². The van der Waals surface area contributed by atoms with Crippen LogP contribution in [-0.2, 0) is 9.53 Å². The van der Waals surface area contributed by atoms with Crippen LogP contribution in [0, 0.1) is 18.3 Å². The molecule has 0 amide bonds. The molecule has 22 heavy (non-hydrogen) atoms. The number of thiophene rings is 1. The zero-order chi connectivity index (χ0) is 16.9. The highest BCUT2D eigenvalue weighted by atomic mass is 32.1. The van der Waals surface area contributed by atoms with Crippen molar-refractivity contribution in [3.63, 3.8) is 0 Å². The van der Waals surface area contributed by atoms with Crippen molar-refractivity contribution in [1.29, 1.82) is 5.26 Å². The molecule has 1 aromatic rings. The number of carboxylic acid groups (broad SMARTS) is 1. The molecule has 0 spiro atoms. The molecule has 0 aliphatic heterocycles. The summed E-state index contributed by atoms with van der Waals surface area (Å²) in [5, 5.41) is 18.9. The fraction of sp³-hybridized carbons (Fsp3) is 0.533. The molecule has 1 heterocycles. The summed E-state index contributed by atoms with van der Waals surface area (Å²) in [5.41, 5.74) is 0.995. The number of aliphatic carboxylic acids is 1. The van der Waals surface area contributed by atoms with Gasteiger partial charge >= 0.3 is 11.9 Å². The lowest BCUT2D eigenvalue weighted by molar-refractivity contribution is -0.136. The molecule has 0 aliphatic carbocycles. The third kappa shape index (κ3) is 3.98. The maximum atomic E-state index is 12.0. The van der Waals surface area contributed by atoms with Crippen molar-refractivity contribution in [2.24, 2.45) is 0 Å². The number of anilines is 1. The van der Waals surface area contributed by atoms with Gasteiger partial charge in [-0.15, -0.1) is 11.3 Å². The van der Waals surface area contributed by atoms with E-state index in [9.17, 15) is 14.9 Å². The smallest absolute Gasteiger partial charge is 0.348 e. The minimum atomic E-state index is -0.900. The third-order valence-corrected chi connectivity index (χ3v) is 4.46. The largest absolute Gasteiger partial charge is 0.481 e.